The molecule has 0 radical (unpaired) electrons. The molecular weight excluding hydrogens is 296 g/mol. The molecule has 2 atom stereocenters. The van der Waals surface area contributed by atoms with Crippen LogP contribution in [0, 0.1) is 5.92 Å². The lowest BCUT2D eigenvalue weighted by molar-refractivity contribution is -0.129. The number of carbonyl (C=O) groups excluding carboxylic acids is 2. The van der Waals surface area contributed by atoms with Crippen LogP contribution >= 0.6 is 22.9 Å². The summed E-state index contributed by atoms with van der Waals surface area (Å²) in [5, 5.41) is 7.11. The number of urea groups is 1. The minimum Gasteiger partial charge on any atom is -0.325 e. The van der Waals surface area contributed by atoms with Crippen LogP contribution in [0.2, 0.25) is 5.02 Å². The predicted molar refractivity (Wildman–Crippen MR) is 78.7 cm³/mol. The van der Waals surface area contributed by atoms with Crippen LogP contribution in [0.3, 0.4) is 0 Å². The molecule has 1 saturated heterocycles. The predicted octanol–water partition coefficient (Wildman–Crippen LogP) is 3.18. The molecule has 1 aromatic rings. The Balaban J connectivity index is 1.73. The molecule has 0 spiro atoms. The van der Waals surface area contributed by atoms with Gasteiger partial charge in [0.15, 0.2) is 0 Å². The average Bonchev–Trinajstić information content (AvgIpc) is 2.98. The molecule has 2 unspecified atom stereocenters. The molecule has 3 amide bonds. The van der Waals surface area contributed by atoms with E-state index in [2.05, 4.69) is 17.5 Å². The second kappa shape index (κ2) is 5.58. The number of carbonyl (C=O) groups is 2. The number of nitrogens with zero attached hydrogens (tertiary/aromatic N) is 1. The molecule has 6 heteroatoms. The summed E-state index contributed by atoms with van der Waals surface area (Å²) in [4.78, 5) is 25.7. The monoisotopic (exact) mass is 310 g/mol. The van der Waals surface area contributed by atoms with Crippen molar-refractivity contribution in [2.75, 3.05) is 0 Å². The molecule has 0 saturated carbocycles. The number of hydrogen-bond acceptors (Lipinski definition) is 3. The average molecular weight is 311 g/mol. The van der Waals surface area contributed by atoms with Crippen molar-refractivity contribution in [2.45, 2.75) is 31.8 Å². The molecule has 1 aromatic heterocycles. The Hall–Kier alpha value is -1.33. The third kappa shape index (κ3) is 2.47. The first kappa shape index (κ1) is 13.6. The van der Waals surface area contributed by atoms with E-state index in [-0.39, 0.29) is 30.4 Å². The highest BCUT2D eigenvalue weighted by molar-refractivity contribution is 7.08. The minimum atomic E-state index is -0.384. The number of amides is 3. The molecule has 1 aliphatic heterocycles. The van der Waals surface area contributed by atoms with E-state index in [1.54, 1.807) is 5.38 Å². The molecule has 0 bridgehead atoms. The first-order valence-corrected chi connectivity index (χ1v) is 7.96. The van der Waals surface area contributed by atoms with Gasteiger partial charge in [0, 0.05) is 10.9 Å². The molecule has 1 N–H and O–H groups in total. The molecule has 3 rings (SSSR count). The van der Waals surface area contributed by atoms with E-state index in [4.69, 9.17) is 11.6 Å². The van der Waals surface area contributed by atoms with Crippen molar-refractivity contribution in [3.05, 3.63) is 33.5 Å². The summed E-state index contributed by atoms with van der Waals surface area (Å²) in [7, 11) is 0. The summed E-state index contributed by atoms with van der Waals surface area (Å²) in [6.45, 7) is 0.256. The minimum absolute atomic E-state index is 0.127. The van der Waals surface area contributed by atoms with Crippen molar-refractivity contribution in [3.63, 3.8) is 0 Å². The fourth-order valence-electron chi connectivity index (χ4n) is 2.72. The maximum atomic E-state index is 12.4. The van der Waals surface area contributed by atoms with E-state index in [1.165, 1.54) is 16.2 Å². The summed E-state index contributed by atoms with van der Waals surface area (Å²) in [6.07, 6.45) is 6.98. The van der Waals surface area contributed by atoms with Crippen LogP contribution in [0.15, 0.2) is 22.9 Å². The highest BCUT2D eigenvalue weighted by atomic mass is 35.5. The van der Waals surface area contributed by atoms with Gasteiger partial charge in [-0.15, -0.1) is 0 Å². The van der Waals surface area contributed by atoms with Gasteiger partial charge in [0.25, 0.3) is 5.91 Å². The lowest BCUT2D eigenvalue weighted by atomic mass is 9.87. The largest absolute Gasteiger partial charge is 0.325 e. The Morgan fingerprint density at radius 2 is 2.20 bits per heavy atom. The first-order chi connectivity index (χ1) is 9.66. The zero-order valence-electron chi connectivity index (χ0n) is 10.8. The third-order valence-electron chi connectivity index (χ3n) is 3.85. The van der Waals surface area contributed by atoms with Gasteiger partial charge in [0.05, 0.1) is 11.6 Å². The number of rotatable bonds is 3. The molecule has 2 aliphatic rings. The zero-order valence-corrected chi connectivity index (χ0v) is 12.4. The second-order valence-electron chi connectivity index (χ2n) is 5.14. The normalized spacial score (nSPS) is 26.1. The Morgan fingerprint density at radius 3 is 2.85 bits per heavy atom. The van der Waals surface area contributed by atoms with Gasteiger partial charge >= 0.3 is 6.03 Å². The van der Waals surface area contributed by atoms with Gasteiger partial charge in [-0.2, -0.15) is 11.3 Å². The molecule has 2 heterocycles. The molecule has 20 heavy (non-hydrogen) atoms. The Bertz CT molecular complexity index is 569. The van der Waals surface area contributed by atoms with E-state index in [0.29, 0.717) is 5.02 Å². The lowest BCUT2D eigenvalue weighted by Gasteiger charge is -2.22. The number of halogens is 1. The van der Waals surface area contributed by atoms with E-state index in [1.807, 2.05) is 5.38 Å². The molecule has 1 fully saturated rings. The van der Waals surface area contributed by atoms with Crippen molar-refractivity contribution in [3.8, 4) is 0 Å². The summed E-state index contributed by atoms with van der Waals surface area (Å²) < 4.78 is 0. The van der Waals surface area contributed by atoms with Gasteiger partial charge in [0.1, 0.15) is 6.04 Å². The number of imide groups is 1. The van der Waals surface area contributed by atoms with Gasteiger partial charge in [-0.25, -0.2) is 4.79 Å². The topological polar surface area (TPSA) is 49.4 Å². The highest BCUT2D eigenvalue weighted by Gasteiger charge is 2.42. The van der Waals surface area contributed by atoms with Crippen molar-refractivity contribution >= 4 is 34.9 Å². The van der Waals surface area contributed by atoms with E-state index < -0.39 is 0 Å². The second-order valence-corrected chi connectivity index (χ2v) is 6.29. The van der Waals surface area contributed by atoms with Gasteiger partial charge in [-0.05, 0) is 30.6 Å². The molecule has 106 valence electrons. The molecule has 4 nitrogen and oxygen atoms in total. The van der Waals surface area contributed by atoms with Crippen LogP contribution in [0.1, 0.15) is 24.8 Å². The maximum Gasteiger partial charge on any atom is 0.325 e. The van der Waals surface area contributed by atoms with Crippen LogP contribution in [0.5, 0.6) is 0 Å². The van der Waals surface area contributed by atoms with Crippen molar-refractivity contribution in [2.24, 2.45) is 5.92 Å². The Kier molecular flexibility index (Phi) is 3.81. The van der Waals surface area contributed by atoms with Crippen LogP contribution < -0.4 is 5.32 Å². The Labute approximate surface area is 126 Å². The summed E-state index contributed by atoms with van der Waals surface area (Å²) in [5.41, 5.74) is 0.823. The number of hydrogen-bond donors (Lipinski definition) is 1. The lowest BCUT2D eigenvalue weighted by Crippen LogP contribution is -2.37. The van der Waals surface area contributed by atoms with E-state index >= 15 is 0 Å². The van der Waals surface area contributed by atoms with Crippen molar-refractivity contribution < 1.29 is 9.59 Å². The van der Waals surface area contributed by atoms with Gasteiger partial charge in [-0.1, -0.05) is 23.8 Å². The van der Waals surface area contributed by atoms with Crippen LogP contribution in [-0.4, -0.2) is 22.9 Å². The number of allylic oxidation sites excluding steroid dienone is 2. The quantitative estimate of drug-likeness (QED) is 0.688. The molecule has 0 aromatic carbocycles. The SMILES string of the molecule is O=C1NC(C2CC=CCC2)C(=O)N1Cc1cscc1Cl. The Morgan fingerprint density at radius 1 is 1.35 bits per heavy atom. The van der Waals surface area contributed by atoms with Gasteiger partial charge < -0.3 is 5.32 Å². The van der Waals surface area contributed by atoms with E-state index in [0.717, 1.165) is 24.8 Å². The highest BCUT2D eigenvalue weighted by Crippen LogP contribution is 2.28. The van der Waals surface area contributed by atoms with Crippen molar-refractivity contribution in [1.82, 2.24) is 10.2 Å². The van der Waals surface area contributed by atoms with Crippen LogP contribution in [0.4, 0.5) is 4.79 Å². The summed E-state index contributed by atoms with van der Waals surface area (Å²) >= 11 is 7.50. The third-order valence-corrected chi connectivity index (χ3v) is 5.13. The summed E-state index contributed by atoms with van der Waals surface area (Å²) in [5.74, 6) is 0.0805. The fourth-order valence-corrected chi connectivity index (χ4v) is 3.76. The van der Waals surface area contributed by atoms with Crippen LogP contribution in [-0.2, 0) is 11.3 Å². The number of thiophene rings is 1. The van der Waals surface area contributed by atoms with Gasteiger partial charge in [0.2, 0.25) is 0 Å². The smallest absolute Gasteiger partial charge is 0.325 e. The van der Waals surface area contributed by atoms with Crippen LogP contribution in [0.25, 0.3) is 0 Å². The zero-order chi connectivity index (χ0) is 14.1. The first-order valence-electron chi connectivity index (χ1n) is 6.64. The number of nitrogens with one attached hydrogen (secondary N) is 1. The molecule has 1 aliphatic carbocycles. The molecular formula is C14H15ClN2O2S. The van der Waals surface area contributed by atoms with Crippen molar-refractivity contribution in [1.29, 1.82) is 0 Å². The summed E-state index contributed by atoms with van der Waals surface area (Å²) in [6, 6.07) is -0.693. The maximum absolute atomic E-state index is 12.4. The van der Waals surface area contributed by atoms with Gasteiger partial charge in [-0.3, -0.25) is 9.69 Å². The fraction of sp³-hybridized carbons (Fsp3) is 0.429. The van der Waals surface area contributed by atoms with E-state index in [9.17, 15) is 9.59 Å². The standard InChI is InChI=1S/C14H15ClN2O2S/c15-11-8-20-7-10(11)6-17-13(18)12(16-14(17)19)9-4-2-1-3-5-9/h1-2,7-9,12H,3-6H2,(H,16,19).